The topological polar surface area (TPSA) is 77.5 Å². The quantitative estimate of drug-likeness (QED) is 0.325. The molecule has 1 N–H and O–H groups in total. The van der Waals surface area contributed by atoms with E-state index in [2.05, 4.69) is 10.3 Å². The van der Waals surface area contributed by atoms with Crippen molar-refractivity contribution in [3.63, 3.8) is 0 Å². The summed E-state index contributed by atoms with van der Waals surface area (Å²) in [4.78, 5) is 30.3. The average Bonchev–Trinajstić information content (AvgIpc) is 3.65. The van der Waals surface area contributed by atoms with Gasteiger partial charge in [-0.25, -0.2) is 9.37 Å². The van der Waals surface area contributed by atoms with Gasteiger partial charge >= 0.3 is 0 Å². The lowest BCUT2D eigenvalue weighted by Gasteiger charge is -2.11. The van der Waals surface area contributed by atoms with E-state index in [1.165, 1.54) is 31.6 Å². The number of ketones is 1. The van der Waals surface area contributed by atoms with Crippen LogP contribution >= 0.6 is 11.3 Å². The molecule has 8 heteroatoms. The molecule has 0 bridgehead atoms. The Morgan fingerprint density at radius 3 is 2.63 bits per heavy atom. The van der Waals surface area contributed by atoms with Crippen LogP contribution in [0.1, 0.15) is 45.2 Å². The van der Waals surface area contributed by atoms with Crippen LogP contribution in [0.15, 0.2) is 53.9 Å². The lowest BCUT2D eigenvalue weighted by atomic mass is 10.0. The normalized spacial score (nSPS) is 13.0. The van der Waals surface area contributed by atoms with Crippen molar-refractivity contribution in [1.82, 2.24) is 10.3 Å². The summed E-state index contributed by atoms with van der Waals surface area (Å²) in [7, 11) is 3.01. The van der Waals surface area contributed by atoms with Crippen molar-refractivity contribution in [2.24, 2.45) is 0 Å². The first-order valence-electron chi connectivity index (χ1n) is 11.2. The van der Waals surface area contributed by atoms with Gasteiger partial charge < -0.3 is 14.8 Å². The van der Waals surface area contributed by atoms with E-state index >= 15 is 0 Å². The standard InChI is InChI=1S/C27H23FN2O4S/c1-33-24-9-8-16(12-25(24)34-2)27(32)29-13-23(31)22-11-17(15-6-7-15)10-21(30-22)19-14-35-26-18(19)4-3-5-20(26)28/h3-5,8-12,14-15H,6-7,13H2,1-2H3,(H,29,32). The summed E-state index contributed by atoms with van der Waals surface area (Å²) >= 11 is 1.32. The minimum Gasteiger partial charge on any atom is -0.493 e. The number of nitrogens with zero attached hydrogens (tertiary/aromatic N) is 1. The second-order valence-electron chi connectivity index (χ2n) is 8.39. The highest BCUT2D eigenvalue weighted by molar-refractivity contribution is 7.17. The number of hydrogen-bond donors (Lipinski definition) is 1. The Morgan fingerprint density at radius 1 is 1.09 bits per heavy atom. The lowest BCUT2D eigenvalue weighted by Crippen LogP contribution is -2.30. The average molecular weight is 491 g/mol. The maximum Gasteiger partial charge on any atom is 0.251 e. The van der Waals surface area contributed by atoms with Crippen molar-refractivity contribution in [2.45, 2.75) is 18.8 Å². The molecule has 1 saturated carbocycles. The van der Waals surface area contributed by atoms with Crippen molar-refractivity contribution < 1.29 is 23.5 Å². The van der Waals surface area contributed by atoms with Gasteiger partial charge in [-0.3, -0.25) is 9.59 Å². The van der Waals surface area contributed by atoms with E-state index in [0.717, 1.165) is 29.4 Å². The second-order valence-corrected chi connectivity index (χ2v) is 9.27. The van der Waals surface area contributed by atoms with Gasteiger partial charge in [0.1, 0.15) is 11.5 Å². The maximum absolute atomic E-state index is 14.2. The van der Waals surface area contributed by atoms with Crippen LogP contribution in [0.5, 0.6) is 11.5 Å². The summed E-state index contributed by atoms with van der Waals surface area (Å²) < 4.78 is 25.2. The zero-order chi connectivity index (χ0) is 24.5. The molecule has 0 unspecified atom stereocenters. The molecule has 0 spiro atoms. The fourth-order valence-corrected chi connectivity index (χ4v) is 5.00. The molecule has 1 fully saturated rings. The summed E-state index contributed by atoms with van der Waals surface area (Å²) in [5.41, 5.74) is 3.12. The number of fused-ring (bicyclic) bond motifs is 1. The van der Waals surface area contributed by atoms with Crippen LogP contribution in [0.2, 0.25) is 0 Å². The Hall–Kier alpha value is -3.78. The Labute approximate surface area is 205 Å². The van der Waals surface area contributed by atoms with Crippen LogP contribution in [0.3, 0.4) is 0 Å². The molecule has 0 radical (unpaired) electrons. The molecule has 1 aliphatic rings. The molecule has 1 aliphatic carbocycles. The number of halogens is 1. The Kier molecular flexibility index (Phi) is 6.21. The molecule has 1 amide bonds. The number of nitrogens with one attached hydrogen (secondary N) is 1. The van der Waals surface area contributed by atoms with E-state index < -0.39 is 5.91 Å². The zero-order valence-electron chi connectivity index (χ0n) is 19.3. The van der Waals surface area contributed by atoms with Gasteiger partial charge in [0, 0.05) is 21.9 Å². The molecular formula is C27H23FN2O4S. The number of benzene rings is 2. The summed E-state index contributed by atoms with van der Waals surface area (Å²) in [5, 5.41) is 5.32. The number of methoxy groups -OCH3 is 2. The molecular weight excluding hydrogens is 467 g/mol. The van der Waals surface area contributed by atoms with E-state index in [0.29, 0.717) is 33.4 Å². The molecule has 35 heavy (non-hydrogen) atoms. The van der Waals surface area contributed by atoms with Gasteiger partial charge in [-0.05, 0) is 60.7 Å². The molecule has 178 valence electrons. The number of aromatic nitrogens is 1. The maximum atomic E-state index is 14.2. The van der Waals surface area contributed by atoms with E-state index in [1.54, 1.807) is 30.3 Å². The molecule has 0 aliphatic heterocycles. The van der Waals surface area contributed by atoms with Crippen molar-refractivity contribution in [3.8, 4) is 22.8 Å². The number of amides is 1. The first kappa shape index (κ1) is 23.0. The number of thiophene rings is 1. The molecule has 2 heterocycles. The van der Waals surface area contributed by atoms with E-state index in [4.69, 9.17) is 9.47 Å². The highest BCUT2D eigenvalue weighted by Crippen LogP contribution is 2.42. The fourth-order valence-electron chi connectivity index (χ4n) is 4.04. The molecule has 4 aromatic rings. The first-order valence-corrected chi connectivity index (χ1v) is 12.1. The minimum atomic E-state index is -0.405. The molecule has 0 atom stereocenters. The third-order valence-corrected chi connectivity index (χ3v) is 7.07. The monoisotopic (exact) mass is 490 g/mol. The first-order chi connectivity index (χ1) is 17.0. The van der Waals surface area contributed by atoms with Crippen molar-refractivity contribution in [1.29, 1.82) is 0 Å². The van der Waals surface area contributed by atoms with Crippen LogP contribution < -0.4 is 14.8 Å². The predicted molar refractivity (Wildman–Crippen MR) is 133 cm³/mol. The summed E-state index contributed by atoms with van der Waals surface area (Å²) in [6.45, 7) is -0.202. The van der Waals surface area contributed by atoms with Crippen molar-refractivity contribution >= 4 is 33.1 Å². The van der Waals surface area contributed by atoms with Crippen molar-refractivity contribution in [3.05, 3.63) is 76.5 Å². The highest BCUT2D eigenvalue weighted by Gasteiger charge is 2.26. The van der Waals surface area contributed by atoms with Crippen LogP contribution in [0, 0.1) is 5.82 Å². The van der Waals surface area contributed by atoms with Gasteiger partial charge in [0.15, 0.2) is 17.3 Å². The van der Waals surface area contributed by atoms with Gasteiger partial charge in [-0.2, -0.15) is 0 Å². The van der Waals surface area contributed by atoms with E-state index in [1.807, 2.05) is 17.5 Å². The Morgan fingerprint density at radius 2 is 1.89 bits per heavy atom. The lowest BCUT2D eigenvalue weighted by molar-refractivity contribution is 0.0902. The fraction of sp³-hybridized carbons (Fsp3) is 0.222. The smallest absolute Gasteiger partial charge is 0.251 e. The zero-order valence-corrected chi connectivity index (χ0v) is 20.1. The number of carbonyl (C=O) groups is 2. The number of ether oxygens (including phenoxy) is 2. The van der Waals surface area contributed by atoms with Gasteiger partial charge in [0.2, 0.25) is 0 Å². The number of Topliss-reactive ketones (excluding diaryl/α,β-unsaturated/α-hetero) is 1. The SMILES string of the molecule is COc1ccc(C(=O)NCC(=O)c2cc(C3CC3)cc(-c3csc4c(F)cccc34)n2)cc1OC. The Bertz CT molecular complexity index is 1440. The van der Waals surface area contributed by atoms with Crippen LogP contribution in [0.25, 0.3) is 21.3 Å². The van der Waals surface area contributed by atoms with Crippen LogP contribution in [0.4, 0.5) is 4.39 Å². The second kappa shape index (κ2) is 9.46. The van der Waals surface area contributed by atoms with E-state index in [9.17, 15) is 14.0 Å². The van der Waals surface area contributed by atoms with Gasteiger partial charge in [-0.15, -0.1) is 11.3 Å². The number of pyridine rings is 1. The molecule has 0 saturated heterocycles. The van der Waals surface area contributed by atoms with Gasteiger partial charge in [0.25, 0.3) is 5.91 Å². The molecule has 5 rings (SSSR count). The van der Waals surface area contributed by atoms with Gasteiger partial charge in [0.05, 0.1) is 31.2 Å². The predicted octanol–water partition coefficient (Wildman–Crippen LogP) is 5.61. The Balaban J connectivity index is 1.39. The molecule has 2 aromatic heterocycles. The highest BCUT2D eigenvalue weighted by atomic mass is 32.1. The molecule has 6 nitrogen and oxygen atoms in total. The third-order valence-electron chi connectivity index (χ3n) is 6.07. The third kappa shape index (κ3) is 4.61. The number of rotatable bonds is 8. The van der Waals surface area contributed by atoms with E-state index in [-0.39, 0.29) is 23.8 Å². The van der Waals surface area contributed by atoms with Gasteiger partial charge in [-0.1, -0.05) is 12.1 Å². The van der Waals surface area contributed by atoms with Crippen molar-refractivity contribution in [2.75, 3.05) is 20.8 Å². The number of carbonyl (C=O) groups excluding carboxylic acids is 2. The summed E-state index contributed by atoms with van der Waals surface area (Å²) in [6, 6.07) is 13.6. The largest absolute Gasteiger partial charge is 0.493 e. The van der Waals surface area contributed by atoms with Crippen LogP contribution in [-0.2, 0) is 0 Å². The molecule has 2 aromatic carbocycles. The summed E-state index contributed by atoms with van der Waals surface area (Å²) in [5.74, 6) is 0.354. The van der Waals surface area contributed by atoms with Crippen LogP contribution in [-0.4, -0.2) is 37.4 Å². The summed E-state index contributed by atoms with van der Waals surface area (Å²) in [6.07, 6.45) is 2.12. The minimum absolute atomic E-state index is 0.202. The number of hydrogen-bond acceptors (Lipinski definition) is 6.